The van der Waals surface area contributed by atoms with Crippen molar-refractivity contribution in [3.05, 3.63) is 34.9 Å². The highest BCUT2D eigenvalue weighted by Gasteiger charge is 2.24. The van der Waals surface area contributed by atoms with Gasteiger partial charge in [-0.3, -0.25) is 9.59 Å². The summed E-state index contributed by atoms with van der Waals surface area (Å²) in [5, 5.41) is 0.629. The second-order valence-electron chi connectivity index (χ2n) is 3.75. The van der Waals surface area contributed by atoms with E-state index in [2.05, 4.69) is 0 Å². The molecule has 0 amide bonds. The first-order valence-electron chi connectivity index (χ1n) is 5.46. The predicted octanol–water partition coefficient (Wildman–Crippen LogP) is 2.65. The lowest BCUT2D eigenvalue weighted by atomic mass is 9.96. The van der Waals surface area contributed by atoms with Crippen molar-refractivity contribution in [3.8, 4) is 0 Å². The van der Waals surface area contributed by atoms with Crippen molar-refractivity contribution in [1.29, 1.82) is 0 Å². The first-order chi connectivity index (χ1) is 8.04. The van der Waals surface area contributed by atoms with Gasteiger partial charge >= 0.3 is 5.97 Å². The highest BCUT2D eigenvalue weighted by molar-refractivity contribution is 6.30. The number of carbonyl (C=O) groups is 2. The number of halogens is 1. The van der Waals surface area contributed by atoms with Crippen LogP contribution in [0.1, 0.15) is 19.4 Å². The molecule has 0 heterocycles. The van der Waals surface area contributed by atoms with Gasteiger partial charge in [0.25, 0.3) is 0 Å². The quantitative estimate of drug-likeness (QED) is 0.599. The molecule has 4 heteroatoms. The number of esters is 1. The van der Waals surface area contributed by atoms with Crippen molar-refractivity contribution in [2.24, 2.45) is 5.92 Å². The molecule has 1 aromatic carbocycles. The van der Waals surface area contributed by atoms with Crippen LogP contribution in [-0.4, -0.2) is 18.4 Å². The number of rotatable bonds is 5. The van der Waals surface area contributed by atoms with Crippen molar-refractivity contribution in [2.75, 3.05) is 6.61 Å². The summed E-state index contributed by atoms with van der Waals surface area (Å²) in [7, 11) is 0. The maximum atomic E-state index is 11.6. The maximum Gasteiger partial charge on any atom is 0.316 e. The van der Waals surface area contributed by atoms with Gasteiger partial charge in [0.2, 0.25) is 0 Å². The van der Waals surface area contributed by atoms with E-state index >= 15 is 0 Å². The third-order valence-corrected chi connectivity index (χ3v) is 2.67. The summed E-state index contributed by atoms with van der Waals surface area (Å²) in [4.78, 5) is 23.0. The van der Waals surface area contributed by atoms with Gasteiger partial charge in [0.1, 0.15) is 11.7 Å². The molecular weight excluding hydrogens is 240 g/mol. The van der Waals surface area contributed by atoms with Crippen molar-refractivity contribution in [2.45, 2.75) is 20.3 Å². The molecule has 1 aromatic rings. The van der Waals surface area contributed by atoms with Crippen LogP contribution in [-0.2, 0) is 20.7 Å². The van der Waals surface area contributed by atoms with E-state index in [-0.39, 0.29) is 12.4 Å². The van der Waals surface area contributed by atoms with Crippen LogP contribution in [0.4, 0.5) is 0 Å². The molecule has 0 aliphatic rings. The van der Waals surface area contributed by atoms with Gasteiger partial charge < -0.3 is 4.74 Å². The molecule has 1 rings (SSSR count). The molecule has 0 saturated carbocycles. The minimum Gasteiger partial charge on any atom is -0.465 e. The number of ether oxygens (including phenoxy) is 1. The fourth-order valence-corrected chi connectivity index (χ4v) is 1.62. The summed E-state index contributed by atoms with van der Waals surface area (Å²) < 4.78 is 4.88. The first kappa shape index (κ1) is 13.7. The predicted molar refractivity (Wildman–Crippen MR) is 66.0 cm³/mol. The lowest BCUT2D eigenvalue weighted by Gasteiger charge is -2.12. The van der Waals surface area contributed by atoms with Gasteiger partial charge in [0.15, 0.2) is 0 Å². The third kappa shape index (κ3) is 4.19. The maximum absolute atomic E-state index is 11.6. The van der Waals surface area contributed by atoms with E-state index in [0.29, 0.717) is 11.4 Å². The fourth-order valence-electron chi connectivity index (χ4n) is 1.49. The summed E-state index contributed by atoms with van der Waals surface area (Å²) in [6, 6.07) is 7.08. The van der Waals surface area contributed by atoms with Crippen LogP contribution in [0.2, 0.25) is 5.02 Å². The molecule has 0 aromatic heterocycles. The van der Waals surface area contributed by atoms with E-state index in [1.54, 1.807) is 31.2 Å². The molecular formula is C13H15ClO3. The van der Waals surface area contributed by atoms with Crippen LogP contribution in [0.5, 0.6) is 0 Å². The number of Topliss-reactive ketones (excluding diaryl/α,β-unsaturated/α-hetero) is 1. The van der Waals surface area contributed by atoms with E-state index in [9.17, 15) is 9.59 Å². The molecule has 0 aliphatic carbocycles. The molecule has 3 nitrogen and oxygen atoms in total. The Labute approximate surface area is 106 Å². The van der Waals surface area contributed by atoms with Crippen molar-refractivity contribution in [1.82, 2.24) is 0 Å². The highest BCUT2D eigenvalue weighted by atomic mass is 35.5. The Morgan fingerprint density at radius 3 is 2.35 bits per heavy atom. The summed E-state index contributed by atoms with van der Waals surface area (Å²) in [6.45, 7) is 3.40. The SMILES string of the molecule is CCOC(=O)[C@@H](Cc1ccc(Cl)cc1)C(C)=O. The van der Waals surface area contributed by atoms with Gasteiger partial charge in [-0.2, -0.15) is 0 Å². The van der Waals surface area contributed by atoms with E-state index in [1.165, 1.54) is 6.92 Å². The number of hydrogen-bond donors (Lipinski definition) is 0. The smallest absolute Gasteiger partial charge is 0.316 e. The zero-order chi connectivity index (χ0) is 12.8. The largest absolute Gasteiger partial charge is 0.465 e. The summed E-state index contributed by atoms with van der Waals surface area (Å²) >= 11 is 5.76. The summed E-state index contributed by atoms with van der Waals surface area (Å²) in [6.07, 6.45) is 0.353. The van der Waals surface area contributed by atoms with E-state index in [1.807, 2.05) is 0 Å². The zero-order valence-electron chi connectivity index (χ0n) is 9.90. The van der Waals surface area contributed by atoms with Crippen molar-refractivity contribution >= 4 is 23.4 Å². The lowest BCUT2D eigenvalue weighted by Crippen LogP contribution is -2.26. The Hall–Kier alpha value is -1.35. The summed E-state index contributed by atoms with van der Waals surface area (Å²) in [5.74, 6) is -1.37. The molecule has 92 valence electrons. The van der Waals surface area contributed by atoms with Crippen LogP contribution in [0, 0.1) is 5.92 Å². The van der Waals surface area contributed by atoms with Crippen molar-refractivity contribution < 1.29 is 14.3 Å². The topological polar surface area (TPSA) is 43.4 Å². The standard InChI is InChI=1S/C13H15ClO3/c1-3-17-13(16)12(9(2)15)8-10-4-6-11(14)7-5-10/h4-7,12H,3,8H2,1-2H3/t12-/m0/s1. The lowest BCUT2D eigenvalue weighted by molar-refractivity contribution is -0.151. The van der Waals surface area contributed by atoms with E-state index < -0.39 is 11.9 Å². The van der Waals surface area contributed by atoms with Gasteiger partial charge in [0, 0.05) is 5.02 Å². The van der Waals surface area contributed by atoms with Crippen LogP contribution in [0.3, 0.4) is 0 Å². The molecule has 0 bridgehead atoms. The highest BCUT2D eigenvalue weighted by Crippen LogP contribution is 2.15. The normalized spacial score (nSPS) is 11.9. The molecule has 0 aliphatic heterocycles. The van der Waals surface area contributed by atoms with E-state index in [4.69, 9.17) is 16.3 Å². The number of benzene rings is 1. The molecule has 0 fully saturated rings. The fraction of sp³-hybridized carbons (Fsp3) is 0.385. The van der Waals surface area contributed by atoms with Crippen LogP contribution >= 0.6 is 11.6 Å². The molecule has 0 unspecified atom stereocenters. The van der Waals surface area contributed by atoms with Gasteiger partial charge in [-0.25, -0.2) is 0 Å². The minimum absolute atomic E-state index is 0.182. The van der Waals surface area contributed by atoms with E-state index in [0.717, 1.165) is 5.56 Å². The van der Waals surface area contributed by atoms with Crippen LogP contribution in [0.25, 0.3) is 0 Å². The average Bonchev–Trinajstić information content (AvgIpc) is 2.28. The minimum atomic E-state index is -0.726. The Kier molecular flexibility index (Phi) is 5.16. The molecule has 0 saturated heterocycles. The average molecular weight is 255 g/mol. The Bertz CT molecular complexity index is 398. The second-order valence-corrected chi connectivity index (χ2v) is 4.18. The zero-order valence-corrected chi connectivity index (χ0v) is 10.7. The molecule has 1 atom stereocenters. The van der Waals surface area contributed by atoms with Gasteiger partial charge in [-0.1, -0.05) is 23.7 Å². The second kappa shape index (κ2) is 6.40. The monoisotopic (exact) mass is 254 g/mol. The van der Waals surface area contributed by atoms with Gasteiger partial charge in [-0.05, 0) is 38.0 Å². The number of carbonyl (C=O) groups excluding carboxylic acids is 2. The number of hydrogen-bond acceptors (Lipinski definition) is 3. The molecule has 0 radical (unpaired) electrons. The number of ketones is 1. The van der Waals surface area contributed by atoms with Crippen LogP contribution < -0.4 is 0 Å². The van der Waals surface area contributed by atoms with Gasteiger partial charge in [0.05, 0.1) is 6.61 Å². The first-order valence-corrected chi connectivity index (χ1v) is 5.84. The van der Waals surface area contributed by atoms with Crippen LogP contribution in [0.15, 0.2) is 24.3 Å². The Morgan fingerprint density at radius 2 is 1.88 bits per heavy atom. The van der Waals surface area contributed by atoms with Gasteiger partial charge in [-0.15, -0.1) is 0 Å². The third-order valence-electron chi connectivity index (χ3n) is 2.41. The van der Waals surface area contributed by atoms with Crippen molar-refractivity contribution in [3.63, 3.8) is 0 Å². The molecule has 0 spiro atoms. The Balaban J connectivity index is 2.76. The Morgan fingerprint density at radius 1 is 1.29 bits per heavy atom. The molecule has 0 N–H and O–H groups in total. The molecule has 17 heavy (non-hydrogen) atoms. The summed E-state index contributed by atoms with van der Waals surface area (Å²) in [5.41, 5.74) is 0.891.